The summed E-state index contributed by atoms with van der Waals surface area (Å²) >= 11 is 6.03. The number of hydrogen-bond acceptors (Lipinski definition) is 3. The summed E-state index contributed by atoms with van der Waals surface area (Å²) < 4.78 is 24.7. The van der Waals surface area contributed by atoms with Crippen LogP contribution >= 0.6 is 11.6 Å². The van der Waals surface area contributed by atoms with Crippen LogP contribution in [0.25, 0.3) is 0 Å². The molecule has 0 amide bonds. The average molecular weight is 397 g/mol. The van der Waals surface area contributed by atoms with Crippen molar-refractivity contribution in [2.45, 2.75) is 18.8 Å². The maximum Gasteiger partial charge on any atom is 0.194 e. The molecule has 0 unspecified atom stereocenters. The van der Waals surface area contributed by atoms with E-state index in [1.165, 1.54) is 6.26 Å². The van der Waals surface area contributed by atoms with Gasteiger partial charge in [-0.3, -0.25) is 4.99 Å². The van der Waals surface area contributed by atoms with Crippen LogP contribution in [0, 0.1) is 0 Å². The molecule has 8 heteroatoms. The van der Waals surface area contributed by atoms with Crippen LogP contribution in [0.3, 0.4) is 0 Å². The van der Waals surface area contributed by atoms with Crippen molar-refractivity contribution in [1.82, 2.24) is 14.8 Å². The maximum absolute atomic E-state index is 11.3. The van der Waals surface area contributed by atoms with Gasteiger partial charge in [0.05, 0.1) is 17.3 Å². The topological polar surface area (TPSA) is 66.7 Å². The number of hydrogen-bond donors (Lipinski definition) is 1. The SMILES string of the molecule is CN=C(NCc1ccc(CS(C)(=O)=O)cc1)N(C)Cc1cc(Cl)cn1C. The van der Waals surface area contributed by atoms with Gasteiger partial charge in [-0.15, -0.1) is 0 Å². The second-order valence-electron chi connectivity index (χ2n) is 6.40. The molecule has 6 nitrogen and oxygen atoms in total. The van der Waals surface area contributed by atoms with Gasteiger partial charge in [-0.05, 0) is 17.2 Å². The van der Waals surface area contributed by atoms with E-state index in [2.05, 4.69) is 10.3 Å². The molecule has 142 valence electrons. The highest BCUT2D eigenvalue weighted by atomic mass is 35.5. The molecule has 1 N–H and O–H groups in total. The van der Waals surface area contributed by atoms with Crippen molar-refractivity contribution in [3.05, 3.63) is 58.4 Å². The first-order valence-electron chi connectivity index (χ1n) is 8.16. The van der Waals surface area contributed by atoms with Crippen molar-refractivity contribution >= 4 is 27.4 Å². The van der Waals surface area contributed by atoms with Gasteiger partial charge in [0.25, 0.3) is 0 Å². The summed E-state index contributed by atoms with van der Waals surface area (Å²) in [5.74, 6) is 0.826. The van der Waals surface area contributed by atoms with Gasteiger partial charge in [-0.1, -0.05) is 35.9 Å². The van der Waals surface area contributed by atoms with Crippen LogP contribution in [-0.4, -0.2) is 44.2 Å². The molecule has 0 fully saturated rings. The second kappa shape index (κ2) is 8.60. The lowest BCUT2D eigenvalue weighted by Crippen LogP contribution is -2.38. The molecule has 0 bridgehead atoms. The van der Waals surface area contributed by atoms with Crippen LogP contribution in [0.1, 0.15) is 16.8 Å². The third-order valence-electron chi connectivity index (χ3n) is 3.95. The van der Waals surface area contributed by atoms with Gasteiger partial charge < -0.3 is 14.8 Å². The van der Waals surface area contributed by atoms with Crippen LogP contribution in [0.15, 0.2) is 41.5 Å². The summed E-state index contributed by atoms with van der Waals surface area (Å²) in [5, 5.41) is 4.03. The Morgan fingerprint density at radius 3 is 2.38 bits per heavy atom. The fourth-order valence-corrected chi connectivity index (χ4v) is 3.73. The van der Waals surface area contributed by atoms with Crippen molar-refractivity contribution in [3.63, 3.8) is 0 Å². The Morgan fingerprint density at radius 1 is 1.27 bits per heavy atom. The van der Waals surface area contributed by atoms with Crippen LogP contribution in [-0.2, 0) is 35.7 Å². The van der Waals surface area contributed by atoms with E-state index in [4.69, 9.17) is 11.6 Å². The zero-order valence-corrected chi connectivity index (χ0v) is 17.1. The van der Waals surface area contributed by atoms with E-state index in [9.17, 15) is 8.42 Å². The smallest absolute Gasteiger partial charge is 0.194 e. The van der Waals surface area contributed by atoms with Crippen LogP contribution in [0.2, 0.25) is 5.02 Å². The third-order valence-corrected chi connectivity index (χ3v) is 5.01. The first kappa shape index (κ1) is 20.3. The fourth-order valence-electron chi connectivity index (χ4n) is 2.66. The fraction of sp³-hybridized carbons (Fsp3) is 0.389. The molecular formula is C18H25ClN4O2S. The predicted molar refractivity (Wildman–Crippen MR) is 107 cm³/mol. The van der Waals surface area contributed by atoms with Gasteiger partial charge in [0.1, 0.15) is 0 Å². The molecule has 0 spiro atoms. The lowest BCUT2D eigenvalue weighted by Gasteiger charge is -2.22. The Hall–Kier alpha value is -1.99. The molecular weight excluding hydrogens is 372 g/mol. The Morgan fingerprint density at radius 2 is 1.88 bits per heavy atom. The van der Waals surface area contributed by atoms with Gasteiger partial charge in [-0.25, -0.2) is 8.42 Å². The Kier molecular flexibility index (Phi) is 6.72. The van der Waals surface area contributed by atoms with Gasteiger partial charge in [0, 0.05) is 45.8 Å². The van der Waals surface area contributed by atoms with Crippen molar-refractivity contribution in [3.8, 4) is 0 Å². The van der Waals surface area contributed by atoms with Crippen molar-refractivity contribution < 1.29 is 8.42 Å². The maximum atomic E-state index is 11.3. The molecule has 26 heavy (non-hydrogen) atoms. The van der Waals surface area contributed by atoms with Crippen molar-refractivity contribution in [1.29, 1.82) is 0 Å². The molecule has 1 aromatic heterocycles. The average Bonchev–Trinajstić information content (AvgIpc) is 2.85. The molecule has 2 rings (SSSR count). The van der Waals surface area contributed by atoms with Crippen molar-refractivity contribution in [2.24, 2.45) is 12.0 Å². The molecule has 0 saturated carbocycles. The molecule has 1 aromatic carbocycles. The van der Waals surface area contributed by atoms with Gasteiger partial charge >= 0.3 is 0 Å². The van der Waals surface area contributed by atoms with E-state index in [1.807, 2.05) is 60.1 Å². The summed E-state index contributed by atoms with van der Waals surface area (Å²) in [7, 11) is 2.65. The second-order valence-corrected chi connectivity index (χ2v) is 8.98. The number of guanidine groups is 1. The first-order valence-corrected chi connectivity index (χ1v) is 10.6. The molecule has 0 radical (unpaired) electrons. The van der Waals surface area contributed by atoms with Crippen LogP contribution < -0.4 is 5.32 Å². The Bertz CT molecular complexity index is 873. The quantitative estimate of drug-likeness (QED) is 0.601. The number of aryl methyl sites for hydroxylation is 1. The molecule has 0 aliphatic heterocycles. The minimum atomic E-state index is -3.02. The number of aromatic nitrogens is 1. The van der Waals surface area contributed by atoms with Gasteiger partial charge in [-0.2, -0.15) is 0 Å². The summed E-state index contributed by atoms with van der Waals surface area (Å²) in [6, 6.07) is 9.48. The van der Waals surface area contributed by atoms with E-state index in [0.717, 1.165) is 22.8 Å². The Balaban J connectivity index is 1.94. The number of sulfone groups is 1. The van der Waals surface area contributed by atoms with Gasteiger partial charge in [0.2, 0.25) is 0 Å². The van der Waals surface area contributed by atoms with E-state index in [-0.39, 0.29) is 5.75 Å². The van der Waals surface area contributed by atoms with E-state index >= 15 is 0 Å². The summed E-state index contributed by atoms with van der Waals surface area (Å²) in [4.78, 5) is 6.33. The normalized spacial score (nSPS) is 12.3. The summed E-state index contributed by atoms with van der Waals surface area (Å²) in [6.45, 7) is 1.28. The van der Waals surface area contributed by atoms with Crippen LogP contribution in [0.4, 0.5) is 0 Å². The molecule has 2 aromatic rings. The van der Waals surface area contributed by atoms with E-state index in [1.54, 1.807) is 7.05 Å². The molecule has 0 aliphatic carbocycles. The summed E-state index contributed by atoms with van der Waals surface area (Å²) in [6.07, 6.45) is 3.11. The number of rotatable bonds is 6. The third kappa shape index (κ3) is 6.07. The number of halogens is 1. The standard InChI is InChI=1S/C18H25ClN4O2S/c1-20-18(23(3)12-17-9-16(19)11-22(17)2)21-10-14-5-7-15(8-6-14)13-26(4,24)25/h5-9,11H,10,12-13H2,1-4H3,(H,20,21). The predicted octanol–water partition coefficient (Wildman–Crippen LogP) is 2.43. The monoisotopic (exact) mass is 396 g/mol. The number of benzene rings is 1. The first-order chi connectivity index (χ1) is 12.2. The summed E-state index contributed by atoms with van der Waals surface area (Å²) in [5.41, 5.74) is 2.93. The lowest BCUT2D eigenvalue weighted by molar-refractivity contribution is 0.461. The van der Waals surface area contributed by atoms with Gasteiger partial charge in [0.15, 0.2) is 15.8 Å². The number of nitrogens with zero attached hydrogens (tertiary/aromatic N) is 3. The number of aliphatic imine (C=N–C) groups is 1. The van der Waals surface area contributed by atoms with Crippen molar-refractivity contribution in [2.75, 3.05) is 20.4 Å². The Labute approximate surface area is 160 Å². The number of nitrogens with one attached hydrogen (secondary N) is 1. The molecule has 1 heterocycles. The van der Waals surface area contributed by atoms with E-state index in [0.29, 0.717) is 18.1 Å². The molecule has 0 saturated heterocycles. The van der Waals surface area contributed by atoms with Crippen LogP contribution in [0.5, 0.6) is 0 Å². The zero-order valence-electron chi connectivity index (χ0n) is 15.5. The zero-order chi connectivity index (χ0) is 19.3. The lowest BCUT2D eigenvalue weighted by atomic mass is 10.1. The van der Waals surface area contributed by atoms with E-state index < -0.39 is 9.84 Å². The minimum absolute atomic E-state index is 0.0599. The highest BCUT2D eigenvalue weighted by Crippen LogP contribution is 2.14. The minimum Gasteiger partial charge on any atom is -0.352 e. The highest BCUT2D eigenvalue weighted by Gasteiger charge is 2.10. The molecule has 0 atom stereocenters. The largest absolute Gasteiger partial charge is 0.352 e. The molecule has 0 aliphatic rings. The highest BCUT2D eigenvalue weighted by molar-refractivity contribution is 7.89.